The van der Waals surface area contributed by atoms with E-state index in [4.69, 9.17) is 0 Å². The Balaban J connectivity index is 1.36. The molecule has 0 nitrogen and oxygen atoms in total. The highest BCUT2D eigenvalue weighted by Gasteiger charge is 2.11. The van der Waals surface area contributed by atoms with E-state index >= 15 is 0 Å². The van der Waals surface area contributed by atoms with E-state index in [1.807, 2.05) is 6.92 Å². The predicted molar refractivity (Wildman–Crippen MR) is 138 cm³/mol. The molecule has 0 saturated heterocycles. The number of rotatable bonds is 9. The molecule has 0 fully saturated rings. The van der Waals surface area contributed by atoms with Crippen molar-refractivity contribution in [3.8, 4) is 11.1 Å². The van der Waals surface area contributed by atoms with Gasteiger partial charge < -0.3 is 0 Å². The highest BCUT2D eigenvalue weighted by atomic mass is 19.1. The maximum absolute atomic E-state index is 14.2. The molecule has 4 aromatic carbocycles. The smallest absolute Gasteiger partial charge is 0.129 e. The van der Waals surface area contributed by atoms with Gasteiger partial charge in [0.1, 0.15) is 11.6 Å². The second-order valence-corrected chi connectivity index (χ2v) is 9.20. The van der Waals surface area contributed by atoms with E-state index < -0.39 is 11.6 Å². The maximum atomic E-state index is 14.2. The third-order valence-corrected chi connectivity index (χ3v) is 6.55. The maximum Gasteiger partial charge on any atom is 0.129 e. The molecule has 4 rings (SSSR count). The van der Waals surface area contributed by atoms with Crippen LogP contribution in [0.1, 0.15) is 54.0 Å². The van der Waals surface area contributed by atoms with Gasteiger partial charge in [-0.25, -0.2) is 8.78 Å². The molecule has 0 aromatic heterocycles. The Kier molecular flexibility index (Phi) is 7.90. The average molecular weight is 455 g/mol. The normalized spacial score (nSPS) is 12.0. The lowest BCUT2D eigenvalue weighted by molar-refractivity contribution is 0.549. The van der Waals surface area contributed by atoms with Crippen LogP contribution in [-0.2, 0) is 25.7 Å². The Bertz CT molecular complexity index is 1170. The van der Waals surface area contributed by atoms with E-state index in [2.05, 4.69) is 85.8 Å². The fourth-order valence-electron chi connectivity index (χ4n) is 4.53. The Morgan fingerprint density at radius 1 is 0.618 bits per heavy atom. The summed E-state index contributed by atoms with van der Waals surface area (Å²) in [4.78, 5) is 0. The molecule has 0 saturated carbocycles. The molecule has 0 aliphatic rings. The van der Waals surface area contributed by atoms with Gasteiger partial charge in [0.2, 0.25) is 0 Å². The Morgan fingerprint density at radius 2 is 1.15 bits per heavy atom. The van der Waals surface area contributed by atoms with Gasteiger partial charge in [0, 0.05) is 5.56 Å². The van der Waals surface area contributed by atoms with Crippen LogP contribution in [0.4, 0.5) is 8.78 Å². The zero-order chi connectivity index (χ0) is 23.9. The molecule has 0 bridgehead atoms. The molecule has 1 unspecified atom stereocenters. The van der Waals surface area contributed by atoms with Gasteiger partial charge >= 0.3 is 0 Å². The number of benzene rings is 4. The van der Waals surface area contributed by atoms with Crippen molar-refractivity contribution in [2.75, 3.05) is 0 Å². The summed E-state index contributed by atoms with van der Waals surface area (Å²) in [5.74, 6) is -0.362. The minimum absolute atomic E-state index is 0.205. The van der Waals surface area contributed by atoms with Crippen molar-refractivity contribution in [3.63, 3.8) is 0 Å². The largest absolute Gasteiger partial charge is 0.207 e. The molecular formula is C32H32F2. The van der Waals surface area contributed by atoms with Crippen LogP contribution in [0, 0.1) is 11.6 Å². The zero-order valence-electron chi connectivity index (χ0n) is 20.0. The quantitative estimate of drug-likeness (QED) is 0.237. The van der Waals surface area contributed by atoms with Crippen LogP contribution in [0.25, 0.3) is 11.1 Å². The predicted octanol–water partition coefficient (Wildman–Crippen LogP) is 8.72. The molecule has 2 heteroatoms. The molecule has 0 heterocycles. The highest BCUT2D eigenvalue weighted by Crippen LogP contribution is 2.25. The van der Waals surface area contributed by atoms with Gasteiger partial charge in [0.15, 0.2) is 0 Å². The number of hydrogen-bond donors (Lipinski definition) is 0. The lowest BCUT2D eigenvalue weighted by atomic mass is 9.92. The van der Waals surface area contributed by atoms with E-state index in [0.29, 0.717) is 24.3 Å². The summed E-state index contributed by atoms with van der Waals surface area (Å²) < 4.78 is 28.4. The van der Waals surface area contributed by atoms with E-state index in [0.717, 1.165) is 24.8 Å². The minimum atomic E-state index is -0.422. The first-order valence-electron chi connectivity index (χ1n) is 12.2. The first-order valence-corrected chi connectivity index (χ1v) is 12.2. The van der Waals surface area contributed by atoms with Crippen LogP contribution in [0.5, 0.6) is 0 Å². The summed E-state index contributed by atoms with van der Waals surface area (Å²) >= 11 is 0. The van der Waals surface area contributed by atoms with Crippen LogP contribution in [0.3, 0.4) is 0 Å². The molecule has 0 amide bonds. The SMILES string of the molecule is CCCc1c(F)cc(CCc2ccc(-c3ccc(CC(C)c4ccccc4)cc3)cc2)cc1F. The van der Waals surface area contributed by atoms with Gasteiger partial charge in [-0.05, 0) is 77.1 Å². The Morgan fingerprint density at radius 3 is 1.71 bits per heavy atom. The van der Waals surface area contributed by atoms with E-state index in [1.54, 1.807) is 0 Å². The Labute approximate surface area is 202 Å². The van der Waals surface area contributed by atoms with Crippen LogP contribution >= 0.6 is 0 Å². The first-order chi connectivity index (χ1) is 16.5. The standard InChI is InChI=1S/C32H32F2/c1-3-7-30-31(33)21-26(22-32(30)34)11-10-24-12-16-28(17-13-24)29-18-14-25(15-19-29)20-23(2)27-8-5-4-6-9-27/h4-6,8-9,12-19,21-23H,3,7,10-11,20H2,1-2H3. The van der Waals surface area contributed by atoms with Gasteiger partial charge in [-0.15, -0.1) is 0 Å². The molecule has 0 aliphatic heterocycles. The average Bonchev–Trinajstić information content (AvgIpc) is 2.86. The molecule has 0 aliphatic carbocycles. The minimum Gasteiger partial charge on any atom is -0.207 e. The second-order valence-electron chi connectivity index (χ2n) is 9.20. The fourth-order valence-corrected chi connectivity index (χ4v) is 4.53. The lowest BCUT2D eigenvalue weighted by Gasteiger charge is -2.12. The van der Waals surface area contributed by atoms with Gasteiger partial charge in [-0.1, -0.05) is 99.1 Å². The van der Waals surface area contributed by atoms with Gasteiger partial charge in [-0.2, -0.15) is 0 Å². The number of hydrogen-bond acceptors (Lipinski definition) is 0. The van der Waals surface area contributed by atoms with Crippen molar-refractivity contribution in [3.05, 3.63) is 130 Å². The molecule has 34 heavy (non-hydrogen) atoms. The molecule has 0 radical (unpaired) electrons. The van der Waals surface area contributed by atoms with Crippen LogP contribution in [0.2, 0.25) is 0 Å². The van der Waals surface area contributed by atoms with Crippen molar-refractivity contribution in [2.24, 2.45) is 0 Å². The molecular weight excluding hydrogens is 422 g/mol. The summed E-state index contributed by atoms with van der Waals surface area (Å²) in [6.07, 6.45) is 3.56. The molecule has 0 N–H and O–H groups in total. The van der Waals surface area contributed by atoms with E-state index in [1.165, 1.54) is 34.4 Å². The summed E-state index contributed by atoms with van der Waals surface area (Å²) in [7, 11) is 0. The third kappa shape index (κ3) is 5.99. The summed E-state index contributed by atoms with van der Waals surface area (Å²) in [6.45, 7) is 4.20. The van der Waals surface area contributed by atoms with Crippen molar-refractivity contribution in [2.45, 2.75) is 51.9 Å². The van der Waals surface area contributed by atoms with E-state index in [9.17, 15) is 8.78 Å². The molecule has 1 atom stereocenters. The fraction of sp³-hybridized carbons (Fsp3) is 0.250. The van der Waals surface area contributed by atoms with Crippen molar-refractivity contribution < 1.29 is 8.78 Å². The van der Waals surface area contributed by atoms with Crippen molar-refractivity contribution in [1.82, 2.24) is 0 Å². The van der Waals surface area contributed by atoms with Crippen molar-refractivity contribution in [1.29, 1.82) is 0 Å². The second kappa shape index (κ2) is 11.2. The lowest BCUT2D eigenvalue weighted by Crippen LogP contribution is -2.00. The monoisotopic (exact) mass is 454 g/mol. The van der Waals surface area contributed by atoms with Crippen LogP contribution < -0.4 is 0 Å². The van der Waals surface area contributed by atoms with Gasteiger partial charge in [0.25, 0.3) is 0 Å². The molecule has 4 aromatic rings. The summed E-state index contributed by atoms with van der Waals surface area (Å²) in [5, 5.41) is 0. The summed E-state index contributed by atoms with van der Waals surface area (Å²) in [5.41, 5.74) is 7.14. The number of aryl methyl sites for hydroxylation is 2. The molecule has 0 spiro atoms. The van der Waals surface area contributed by atoms with Crippen LogP contribution in [0.15, 0.2) is 91.0 Å². The Hall–Kier alpha value is -3.26. The van der Waals surface area contributed by atoms with E-state index in [-0.39, 0.29) is 5.56 Å². The molecule has 174 valence electrons. The topological polar surface area (TPSA) is 0 Å². The highest BCUT2D eigenvalue weighted by molar-refractivity contribution is 5.64. The summed E-state index contributed by atoms with van der Waals surface area (Å²) in [6, 6.07) is 30.9. The van der Waals surface area contributed by atoms with Crippen molar-refractivity contribution >= 4 is 0 Å². The zero-order valence-corrected chi connectivity index (χ0v) is 20.0. The van der Waals surface area contributed by atoms with Gasteiger partial charge in [-0.3, -0.25) is 0 Å². The first kappa shape index (κ1) is 23.9. The van der Waals surface area contributed by atoms with Gasteiger partial charge in [0.05, 0.1) is 0 Å². The third-order valence-electron chi connectivity index (χ3n) is 6.55. The van der Waals surface area contributed by atoms with Crippen LogP contribution in [-0.4, -0.2) is 0 Å². The number of halogens is 2.